The van der Waals surface area contributed by atoms with E-state index in [4.69, 9.17) is 0 Å². The SMILES string of the molecule is CC1CCC2C(C1)C1C(C=CC3C4CCCCC4C4C3C3CC(C)CCC3N4C)C3CCCCC3C1N2C. The Hall–Kier alpha value is -0.340. The zero-order valence-electron chi connectivity index (χ0n) is 25.2. The molecule has 0 bridgehead atoms. The first-order chi connectivity index (χ1) is 18.5. The molecule has 0 N–H and O–H groups in total. The normalized spacial score (nSPS) is 58.3. The Balaban J connectivity index is 1.14. The average Bonchev–Trinajstić information content (AvgIpc) is 3.60. The number of fused-ring (bicyclic) bond motifs is 10. The van der Waals surface area contributed by atoms with Gasteiger partial charge in [0.15, 0.2) is 0 Å². The molecule has 2 heteroatoms. The highest BCUT2D eigenvalue weighted by atomic mass is 15.2. The number of rotatable bonds is 2. The molecular weight excluding hydrogens is 460 g/mol. The maximum Gasteiger partial charge on any atom is 0.0164 e. The van der Waals surface area contributed by atoms with Crippen LogP contribution in [0.15, 0.2) is 12.2 Å². The van der Waals surface area contributed by atoms with E-state index < -0.39 is 0 Å². The van der Waals surface area contributed by atoms with Crippen molar-refractivity contribution in [1.29, 1.82) is 0 Å². The first kappa shape index (κ1) is 25.4. The first-order valence-electron chi connectivity index (χ1n) is 17.6. The molecule has 0 spiro atoms. The second-order valence-electron chi connectivity index (χ2n) is 16.5. The van der Waals surface area contributed by atoms with Gasteiger partial charge in [-0.05, 0) is 149 Å². The molecule has 2 heterocycles. The molecule has 6 aliphatic carbocycles. The van der Waals surface area contributed by atoms with E-state index in [0.717, 1.165) is 95.2 Å². The Morgan fingerprint density at radius 1 is 0.474 bits per heavy atom. The lowest BCUT2D eigenvalue weighted by Crippen LogP contribution is -2.41. The number of nitrogens with zero attached hydrogens (tertiary/aromatic N) is 2. The van der Waals surface area contributed by atoms with Crippen molar-refractivity contribution >= 4 is 0 Å². The van der Waals surface area contributed by atoms with E-state index in [9.17, 15) is 0 Å². The summed E-state index contributed by atoms with van der Waals surface area (Å²) >= 11 is 0. The highest BCUT2D eigenvalue weighted by Crippen LogP contribution is 2.63. The minimum atomic E-state index is 0.884. The van der Waals surface area contributed by atoms with E-state index in [1.807, 2.05) is 0 Å². The summed E-state index contributed by atoms with van der Waals surface area (Å²) in [5.41, 5.74) is 0. The number of likely N-dealkylation sites (tertiary alicyclic amines) is 2. The smallest absolute Gasteiger partial charge is 0.0164 e. The Bertz CT molecular complexity index is 839. The van der Waals surface area contributed by atoms with E-state index in [1.54, 1.807) is 0 Å². The number of allylic oxidation sites excluding steroid dienone is 2. The molecule has 6 saturated carbocycles. The Morgan fingerprint density at radius 3 is 1.29 bits per heavy atom. The van der Waals surface area contributed by atoms with Crippen LogP contribution in [0.2, 0.25) is 0 Å². The van der Waals surface area contributed by atoms with Crippen molar-refractivity contribution in [1.82, 2.24) is 9.80 Å². The van der Waals surface area contributed by atoms with Crippen molar-refractivity contribution in [3.8, 4) is 0 Å². The summed E-state index contributed by atoms with van der Waals surface area (Å²) in [7, 11) is 5.12. The summed E-state index contributed by atoms with van der Waals surface area (Å²) < 4.78 is 0. The Labute approximate surface area is 234 Å². The van der Waals surface area contributed by atoms with Gasteiger partial charge in [0.05, 0.1) is 0 Å². The van der Waals surface area contributed by atoms with Gasteiger partial charge in [0.25, 0.3) is 0 Å². The van der Waals surface area contributed by atoms with Crippen molar-refractivity contribution in [2.45, 2.75) is 128 Å². The van der Waals surface area contributed by atoms with Crippen LogP contribution in [0.25, 0.3) is 0 Å². The average molecular weight is 519 g/mol. The lowest BCUT2D eigenvalue weighted by atomic mass is 9.68. The topological polar surface area (TPSA) is 6.48 Å². The molecule has 2 aliphatic heterocycles. The summed E-state index contributed by atoms with van der Waals surface area (Å²) in [6, 6.07) is 3.59. The molecule has 2 saturated heterocycles. The van der Waals surface area contributed by atoms with Crippen LogP contribution in [0.3, 0.4) is 0 Å². The maximum atomic E-state index is 2.97. The molecule has 38 heavy (non-hydrogen) atoms. The third-order valence-electron chi connectivity index (χ3n) is 15.1. The van der Waals surface area contributed by atoms with Crippen LogP contribution < -0.4 is 0 Å². The van der Waals surface area contributed by atoms with E-state index in [-0.39, 0.29) is 0 Å². The van der Waals surface area contributed by atoms with Crippen LogP contribution in [0.4, 0.5) is 0 Å². The van der Waals surface area contributed by atoms with Crippen molar-refractivity contribution in [3.63, 3.8) is 0 Å². The van der Waals surface area contributed by atoms with Crippen molar-refractivity contribution < 1.29 is 0 Å². The molecule has 16 unspecified atom stereocenters. The highest BCUT2D eigenvalue weighted by Gasteiger charge is 2.63. The van der Waals surface area contributed by atoms with Gasteiger partial charge in [0.1, 0.15) is 0 Å². The molecule has 16 atom stereocenters. The lowest BCUT2D eigenvalue weighted by Gasteiger charge is -2.40. The molecule has 212 valence electrons. The van der Waals surface area contributed by atoms with Gasteiger partial charge in [-0.1, -0.05) is 51.7 Å². The fraction of sp³-hybridized carbons (Fsp3) is 0.944. The summed E-state index contributed by atoms with van der Waals surface area (Å²) in [5.74, 6) is 11.5. The molecule has 8 fully saturated rings. The predicted molar refractivity (Wildman–Crippen MR) is 158 cm³/mol. The standard InChI is InChI=1S/C36H58N2/c1-21-13-17-31-29(19-21)33-25(23-9-5-7-11-27(23)35(33)37(31)3)15-16-26-24-10-6-8-12-28(24)36-34(26)30-20-22(2)14-18-32(30)38(36)4/h15-16,21-36H,5-14,17-20H2,1-4H3. The van der Waals surface area contributed by atoms with Crippen LogP contribution in [0.1, 0.15) is 104 Å². The molecule has 0 aromatic rings. The van der Waals surface area contributed by atoms with Crippen molar-refractivity contribution in [2.75, 3.05) is 14.1 Å². The van der Waals surface area contributed by atoms with Gasteiger partial charge in [0, 0.05) is 24.2 Å². The highest BCUT2D eigenvalue weighted by molar-refractivity contribution is 5.21. The predicted octanol–water partition coefficient (Wildman–Crippen LogP) is 7.89. The van der Waals surface area contributed by atoms with Gasteiger partial charge >= 0.3 is 0 Å². The minimum Gasteiger partial charge on any atom is -0.300 e. The molecule has 0 amide bonds. The van der Waals surface area contributed by atoms with Gasteiger partial charge in [-0.3, -0.25) is 9.80 Å². The van der Waals surface area contributed by atoms with Gasteiger partial charge in [-0.15, -0.1) is 0 Å². The monoisotopic (exact) mass is 518 g/mol. The fourth-order valence-electron chi connectivity index (χ4n) is 13.9. The van der Waals surface area contributed by atoms with Crippen LogP contribution in [-0.2, 0) is 0 Å². The fourth-order valence-corrected chi connectivity index (χ4v) is 13.9. The van der Waals surface area contributed by atoms with Gasteiger partial charge < -0.3 is 0 Å². The first-order valence-corrected chi connectivity index (χ1v) is 17.6. The zero-order chi connectivity index (χ0) is 25.7. The summed E-state index contributed by atoms with van der Waals surface area (Å²) in [4.78, 5) is 5.95. The molecule has 0 radical (unpaired) electrons. The summed E-state index contributed by atoms with van der Waals surface area (Å²) in [6.07, 6.45) is 27.0. The summed E-state index contributed by atoms with van der Waals surface area (Å²) in [5, 5.41) is 0. The van der Waals surface area contributed by atoms with Crippen molar-refractivity contribution in [2.24, 2.45) is 71.0 Å². The lowest BCUT2D eigenvalue weighted by molar-refractivity contribution is 0.0989. The Morgan fingerprint density at radius 2 is 0.868 bits per heavy atom. The second-order valence-corrected chi connectivity index (χ2v) is 16.5. The third kappa shape index (κ3) is 3.63. The van der Waals surface area contributed by atoms with Gasteiger partial charge in [-0.2, -0.15) is 0 Å². The Kier molecular flexibility index (Phi) is 6.42. The maximum absolute atomic E-state index is 2.97. The van der Waals surface area contributed by atoms with E-state index in [2.05, 4.69) is 49.9 Å². The van der Waals surface area contributed by atoms with E-state index in [1.165, 1.54) is 89.9 Å². The van der Waals surface area contributed by atoms with Crippen LogP contribution >= 0.6 is 0 Å². The van der Waals surface area contributed by atoms with Crippen LogP contribution in [0, 0.1) is 71.0 Å². The third-order valence-corrected chi connectivity index (χ3v) is 15.1. The second kappa shape index (κ2) is 9.61. The van der Waals surface area contributed by atoms with E-state index >= 15 is 0 Å². The quantitative estimate of drug-likeness (QED) is 0.343. The van der Waals surface area contributed by atoms with Crippen molar-refractivity contribution in [3.05, 3.63) is 12.2 Å². The minimum absolute atomic E-state index is 0.884. The molecule has 0 aromatic heterocycles. The largest absolute Gasteiger partial charge is 0.300 e. The number of hydrogen-bond acceptors (Lipinski definition) is 2. The summed E-state index contributed by atoms with van der Waals surface area (Å²) in [6.45, 7) is 5.13. The molecule has 8 rings (SSSR count). The van der Waals surface area contributed by atoms with Crippen LogP contribution in [0.5, 0.6) is 0 Å². The van der Waals surface area contributed by atoms with Crippen LogP contribution in [-0.4, -0.2) is 48.1 Å². The number of hydrogen-bond donors (Lipinski definition) is 0. The molecule has 8 aliphatic rings. The molecular formula is C36H58N2. The van der Waals surface area contributed by atoms with Gasteiger partial charge in [0.2, 0.25) is 0 Å². The molecule has 0 aromatic carbocycles. The molecule has 2 nitrogen and oxygen atoms in total. The zero-order valence-corrected chi connectivity index (χ0v) is 25.2. The van der Waals surface area contributed by atoms with Gasteiger partial charge in [-0.25, -0.2) is 0 Å². The van der Waals surface area contributed by atoms with E-state index in [0.29, 0.717) is 0 Å².